The fourth-order valence-corrected chi connectivity index (χ4v) is 3.58. The lowest BCUT2D eigenvalue weighted by atomic mass is 9.92. The Labute approximate surface area is 188 Å². The molecule has 1 atom stereocenters. The van der Waals surface area contributed by atoms with Gasteiger partial charge in [0.05, 0.1) is 18.1 Å². The first-order valence-corrected chi connectivity index (χ1v) is 10.3. The Balaban J connectivity index is 1.58. The van der Waals surface area contributed by atoms with E-state index in [0.29, 0.717) is 28.8 Å². The average molecular weight is 454 g/mol. The highest BCUT2D eigenvalue weighted by atomic mass is 35.5. The highest BCUT2D eigenvalue weighted by Gasteiger charge is 2.34. The lowest BCUT2D eigenvalue weighted by Gasteiger charge is -2.23. The summed E-state index contributed by atoms with van der Waals surface area (Å²) in [6, 6.07) is 13.7. The molecule has 0 unspecified atom stereocenters. The number of benzene rings is 2. The average Bonchev–Trinajstić information content (AvgIpc) is 2.74. The molecule has 2 amide bonds. The minimum absolute atomic E-state index is 0.0429. The minimum atomic E-state index is -0.984. The van der Waals surface area contributed by atoms with Gasteiger partial charge in [0.2, 0.25) is 17.8 Å². The van der Waals surface area contributed by atoms with Crippen molar-refractivity contribution in [2.45, 2.75) is 19.3 Å². The first-order chi connectivity index (χ1) is 15.4. The van der Waals surface area contributed by atoms with E-state index in [1.807, 2.05) is 6.92 Å². The van der Waals surface area contributed by atoms with Gasteiger partial charge in [0.1, 0.15) is 11.6 Å². The summed E-state index contributed by atoms with van der Waals surface area (Å²) in [5.41, 5.74) is 0.707. The van der Waals surface area contributed by atoms with Crippen molar-refractivity contribution in [3.63, 3.8) is 0 Å². The van der Waals surface area contributed by atoms with Gasteiger partial charge in [0.15, 0.2) is 0 Å². The first kappa shape index (κ1) is 21.4. The second-order valence-corrected chi connectivity index (χ2v) is 7.50. The molecule has 0 aliphatic carbocycles. The van der Waals surface area contributed by atoms with Gasteiger partial charge in [-0.25, -0.2) is 0 Å². The van der Waals surface area contributed by atoms with Crippen LogP contribution in [0.4, 0.5) is 23.1 Å². The van der Waals surface area contributed by atoms with E-state index in [2.05, 4.69) is 25.9 Å². The predicted molar refractivity (Wildman–Crippen MR) is 122 cm³/mol. The van der Waals surface area contributed by atoms with Crippen molar-refractivity contribution in [3.8, 4) is 5.75 Å². The van der Waals surface area contributed by atoms with E-state index in [4.69, 9.17) is 16.3 Å². The van der Waals surface area contributed by atoms with Crippen LogP contribution in [0.2, 0.25) is 5.02 Å². The fourth-order valence-electron chi connectivity index (χ4n) is 3.39. The minimum Gasteiger partial charge on any atom is -0.494 e. The molecule has 0 saturated carbocycles. The van der Waals surface area contributed by atoms with Crippen LogP contribution in [-0.4, -0.2) is 28.4 Å². The number of aromatic nitrogens is 2. The zero-order chi connectivity index (χ0) is 22.7. The number of amides is 2. The largest absolute Gasteiger partial charge is 0.494 e. The third-order valence-electron chi connectivity index (χ3n) is 4.79. The number of aromatic amines is 1. The maximum absolute atomic E-state index is 12.9. The van der Waals surface area contributed by atoms with Crippen molar-refractivity contribution in [1.29, 1.82) is 0 Å². The number of anilines is 4. The third-order valence-corrected chi connectivity index (χ3v) is 5.02. The molecule has 2 heterocycles. The van der Waals surface area contributed by atoms with E-state index < -0.39 is 23.3 Å². The molecule has 0 spiro atoms. The molecule has 2 aromatic carbocycles. The zero-order valence-electron chi connectivity index (χ0n) is 17.1. The van der Waals surface area contributed by atoms with Crippen LogP contribution in [0.1, 0.15) is 24.8 Å². The number of H-pyrrole nitrogens is 1. The summed E-state index contributed by atoms with van der Waals surface area (Å²) in [5.74, 6) is -1.04. The molecule has 0 fully saturated rings. The normalized spacial score (nSPS) is 14.8. The number of rotatable bonds is 6. The number of hydrogen-bond donors (Lipinski definition) is 4. The standard InChI is InChI=1S/C22H20ClN5O4/c1-2-32-15-8-6-13(7-9-15)24-20(30)16-11-17(29)26-19-18(16)21(31)28-22(27-19)25-14-5-3-4-12(23)10-14/h3-10,16H,2,11H2,1H3,(H,24,30)(H3,25,26,27,28,29,31)/t16-/m1/s1. The van der Waals surface area contributed by atoms with Crippen LogP contribution in [0, 0.1) is 0 Å². The van der Waals surface area contributed by atoms with Crippen LogP contribution in [-0.2, 0) is 9.59 Å². The summed E-state index contributed by atoms with van der Waals surface area (Å²) in [7, 11) is 0. The topological polar surface area (TPSA) is 125 Å². The van der Waals surface area contributed by atoms with Crippen molar-refractivity contribution in [1.82, 2.24) is 9.97 Å². The van der Waals surface area contributed by atoms with Gasteiger partial charge in [-0.1, -0.05) is 17.7 Å². The number of fused-ring (bicyclic) bond motifs is 1. The summed E-state index contributed by atoms with van der Waals surface area (Å²) in [6.45, 7) is 2.41. The van der Waals surface area contributed by atoms with Crippen molar-refractivity contribution in [2.24, 2.45) is 0 Å². The Bertz CT molecular complexity index is 1230. The third kappa shape index (κ3) is 4.73. The molecule has 10 heteroatoms. The Kier molecular flexibility index (Phi) is 6.09. The zero-order valence-corrected chi connectivity index (χ0v) is 17.8. The van der Waals surface area contributed by atoms with Crippen LogP contribution in [0.3, 0.4) is 0 Å². The van der Waals surface area contributed by atoms with Crippen molar-refractivity contribution < 1.29 is 14.3 Å². The summed E-state index contributed by atoms with van der Waals surface area (Å²) in [6.07, 6.45) is -0.165. The SMILES string of the molecule is CCOc1ccc(NC(=O)[C@@H]2CC(=O)Nc3nc(Nc4cccc(Cl)c4)[nH]c(=O)c32)cc1. The van der Waals surface area contributed by atoms with Crippen molar-refractivity contribution >= 4 is 46.6 Å². The molecule has 1 aromatic heterocycles. The molecule has 0 saturated heterocycles. The summed E-state index contributed by atoms with van der Waals surface area (Å²) in [5, 5.41) is 8.76. The van der Waals surface area contributed by atoms with Gasteiger partial charge in [-0.15, -0.1) is 0 Å². The molecule has 3 aromatic rings. The van der Waals surface area contributed by atoms with Crippen molar-refractivity contribution in [3.05, 3.63) is 69.5 Å². The summed E-state index contributed by atoms with van der Waals surface area (Å²) < 4.78 is 5.39. The van der Waals surface area contributed by atoms with Crippen LogP contribution >= 0.6 is 11.6 Å². The Morgan fingerprint density at radius 1 is 1.19 bits per heavy atom. The van der Waals surface area contributed by atoms with E-state index in [1.54, 1.807) is 48.5 Å². The van der Waals surface area contributed by atoms with E-state index in [-0.39, 0.29) is 23.8 Å². The monoisotopic (exact) mass is 453 g/mol. The van der Waals surface area contributed by atoms with Gasteiger partial charge < -0.3 is 20.7 Å². The van der Waals surface area contributed by atoms with E-state index in [0.717, 1.165) is 0 Å². The van der Waals surface area contributed by atoms with Gasteiger partial charge in [-0.3, -0.25) is 19.4 Å². The molecular formula is C22H20ClN5O4. The summed E-state index contributed by atoms with van der Waals surface area (Å²) in [4.78, 5) is 44.9. The molecule has 0 bridgehead atoms. The lowest BCUT2D eigenvalue weighted by molar-refractivity contribution is -0.123. The predicted octanol–water partition coefficient (Wildman–Crippen LogP) is 3.63. The number of nitrogens with one attached hydrogen (secondary N) is 4. The maximum Gasteiger partial charge on any atom is 0.258 e. The van der Waals surface area contributed by atoms with E-state index >= 15 is 0 Å². The Morgan fingerprint density at radius 2 is 1.97 bits per heavy atom. The number of nitrogens with zero attached hydrogens (tertiary/aromatic N) is 1. The summed E-state index contributed by atoms with van der Waals surface area (Å²) >= 11 is 5.98. The van der Waals surface area contributed by atoms with Gasteiger partial charge in [0, 0.05) is 22.8 Å². The van der Waals surface area contributed by atoms with Crippen molar-refractivity contribution in [2.75, 3.05) is 22.6 Å². The molecule has 164 valence electrons. The van der Waals surface area contributed by atoms with Gasteiger partial charge >= 0.3 is 0 Å². The highest BCUT2D eigenvalue weighted by Crippen LogP contribution is 2.30. The highest BCUT2D eigenvalue weighted by molar-refractivity contribution is 6.30. The molecular weight excluding hydrogens is 434 g/mol. The van der Waals surface area contributed by atoms with Gasteiger partial charge in [-0.2, -0.15) is 4.98 Å². The number of carbonyl (C=O) groups excluding carboxylic acids is 2. The Hall–Kier alpha value is -3.85. The molecule has 4 N–H and O–H groups in total. The molecule has 1 aliphatic heterocycles. The smallest absolute Gasteiger partial charge is 0.258 e. The molecule has 32 heavy (non-hydrogen) atoms. The van der Waals surface area contributed by atoms with Crippen LogP contribution in [0.25, 0.3) is 0 Å². The van der Waals surface area contributed by atoms with Gasteiger partial charge in [0.25, 0.3) is 5.56 Å². The number of hydrogen-bond acceptors (Lipinski definition) is 6. The molecule has 4 rings (SSSR count). The second kappa shape index (κ2) is 9.11. The first-order valence-electron chi connectivity index (χ1n) is 9.93. The van der Waals surface area contributed by atoms with Crippen LogP contribution in [0.15, 0.2) is 53.3 Å². The van der Waals surface area contributed by atoms with Crippen LogP contribution < -0.4 is 26.2 Å². The Morgan fingerprint density at radius 3 is 2.69 bits per heavy atom. The lowest BCUT2D eigenvalue weighted by Crippen LogP contribution is -2.36. The fraction of sp³-hybridized carbons (Fsp3) is 0.182. The molecule has 9 nitrogen and oxygen atoms in total. The van der Waals surface area contributed by atoms with E-state index in [9.17, 15) is 14.4 Å². The van der Waals surface area contributed by atoms with Crippen LogP contribution in [0.5, 0.6) is 5.75 Å². The molecule has 0 radical (unpaired) electrons. The quantitative estimate of drug-likeness (QED) is 0.451. The maximum atomic E-state index is 12.9. The second-order valence-electron chi connectivity index (χ2n) is 7.06. The number of halogens is 1. The molecule has 1 aliphatic rings. The van der Waals surface area contributed by atoms with E-state index in [1.165, 1.54) is 0 Å². The number of ether oxygens (including phenoxy) is 1. The number of carbonyl (C=O) groups is 2. The van der Waals surface area contributed by atoms with Gasteiger partial charge in [-0.05, 0) is 49.4 Å².